The number of nitrogens with one attached hydrogen (secondary N) is 1. The van der Waals surface area contributed by atoms with E-state index in [-0.39, 0.29) is 0 Å². The van der Waals surface area contributed by atoms with Gasteiger partial charge in [0.05, 0.1) is 0 Å². The van der Waals surface area contributed by atoms with Crippen LogP contribution >= 0.6 is 0 Å². The summed E-state index contributed by atoms with van der Waals surface area (Å²) in [6.45, 7) is 5.40. The molecule has 0 aromatic heterocycles. The maximum Gasteiger partial charge on any atom is 0.0389 e. The van der Waals surface area contributed by atoms with Crippen molar-refractivity contribution in [2.24, 2.45) is 10.9 Å². The lowest BCUT2D eigenvalue weighted by Gasteiger charge is -2.02. The van der Waals surface area contributed by atoms with Crippen LogP contribution in [0.3, 0.4) is 0 Å². The van der Waals surface area contributed by atoms with E-state index in [2.05, 4.69) is 18.8 Å². The van der Waals surface area contributed by atoms with Crippen molar-refractivity contribution in [3.8, 4) is 0 Å². The molecule has 0 heterocycles. The van der Waals surface area contributed by atoms with Crippen molar-refractivity contribution in [2.45, 2.75) is 39.5 Å². The Morgan fingerprint density at radius 3 is 2.58 bits per heavy atom. The maximum atomic E-state index is 6.70. The SMILES string of the molecule is CC(C)CCCCCN=CC=N. The number of aliphatic imine (C=N–C) groups is 1. The Hall–Kier alpha value is -0.660. The molecule has 0 amide bonds. The van der Waals surface area contributed by atoms with Crippen LogP contribution in [0.1, 0.15) is 39.5 Å². The molecule has 0 bridgehead atoms. The van der Waals surface area contributed by atoms with Gasteiger partial charge in [-0.15, -0.1) is 0 Å². The number of hydrogen-bond acceptors (Lipinski definition) is 2. The summed E-state index contributed by atoms with van der Waals surface area (Å²) in [6, 6.07) is 0. The summed E-state index contributed by atoms with van der Waals surface area (Å²) in [4.78, 5) is 4.04. The molecule has 2 nitrogen and oxygen atoms in total. The highest BCUT2D eigenvalue weighted by molar-refractivity contribution is 6.14. The van der Waals surface area contributed by atoms with Gasteiger partial charge < -0.3 is 5.41 Å². The van der Waals surface area contributed by atoms with Crippen molar-refractivity contribution in [2.75, 3.05) is 6.54 Å². The van der Waals surface area contributed by atoms with Crippen LogP contribution in [0.25, 0.3) is 0 Å². The maximum absolute atomic E-state index is 6.70. The fraction of sp³-hybridized carbons (Fsp3) is 0.800. The standard InChI is InChI=1S/C10H20N2/c1-10(2)6-4-3-5-8-12-9-7-11/h7,9-11H,3-6,8H2,1-2H3. The molecule has 0 unspecified atom stereocenters. The Bertz CT molecular complexity index is 128. The van der Waals surface area contributed by atoms with Gasteiger partial charge in [-0.1, -0.05) is 33.1 Å². The highest BCUT2D eigenvalue weighted by Gasteiger charge is 1.92. The van der Waals surface area contributed by atoms with Gasteiger partial charge in [0.2, 0.25) is 0 Å². The molecule has 0 aliphatic rings. The summed E-state index contributed by atoms with van der Waals surface area (Å²) in [5.41, 5.74) is 0. The van der Waals surface area contributed by atoms with Gasteiger partial charge in [-0.2, -0.15) is 0 Å². The Morgan fingerprint density at radius 2 is 2.00 bits per heavy atom. The van der Waals surface area contributed by atoms with E-state index in [1.165, 1.54) is 25.5 Å². The van der Waals surface area contributed by atoms with Gasteiger partial charge in [-0.25, -0.2) is 0 Å². The molecule has 0 spiro atoms. The molecule has 0 rings (SSSR count). The van der Waals surface area contributed by atoms with Gasteiger partial charge in [-0.3, -0.25) is 4.99 Å². The third kappa shape index (κ3) is 9.34. The molecule has 0 fully saturated rings. The van der Waals surface area contributed by atoms with Gasteiger partial charge in [0.1, 0.15) is 0 Å². The molecule has 0 aliphatic carbocycles. The fourth-order valence-corrected chi connectivity index (χ4v) is 1.06. The summed E-state index contributed by atoms with van der Waals surface area (Å²) in [7, 11) is 0. The van der Waals surface area contributed by atoms with E-state index in [4.69, 9.17) is 5.41 Å². The van der Waals surface area contributed by atoms with Gasteiger partial charge >= 0.3 is 0 Å². The van der Waals surface area contributed by atoms with Crippen LogP contribution < -0.4 is 0 Å². The van der Waals surface area contributed by atoms with Crippen molar-refractivity contribution in [3.63, 3.8) is 0 Å². The first-order valence-electron chi connectivity index (χ1n) is 4.76. The van der Waals surface area contributed by atoms with Crippen molar-refractivity contribution >= 4 is 12.4 Å². The second-order valence-electron chi connectivity index (χ2n) is 3.47. The quantitative estimate of drug-likeness (QED) is 0.448. The van der Waals surface area contributed by atoms with E-state index in [1.54, 1.807) is 6.21 Å². The third-order valence-electron chi connectivity index (χ3n) is 1.75. The van der Waals surface area contributed by atoms with E-state index in [1.807, 2.05) is 0 Å². The van der Waals surface area contributed by atoms with Gasteiger partial charge in [0.15, 0.2) is 0 Å². The largest absolute Gasteiger partial charge is 0.307 e. The Morgan fingerprint density at radius 1 is 1.25 bits per heavy atom. The van der Waals surface area contributed by atoms with E-state index < -0.39 is 0 Å². The van der Waals surface area contributed by atoms with E-state index in [0.717, 1.165) is 18.9 Å². The molecule has 0 aliphatic heterocycles. The molecule has 0 saturated heterocycles. The van der Waals surface area contributed by atoms with Crippen molar-refractivity contribution in [3.05, 3.63) is 0 Å². The first-order chi connectivity index (χ1) is 5.77. The van der Waals surface area contributed by atoms with Gasteiger partial charge in [0, 0.05) is 19.0 Å². The van der Waals surface area contributed by atoms with Crippen LogP contribution in [0, 0.1) is 11.3 Å². The zero-order valence-electron chi connectivity index (χ0n) is 8.21. The van der Waals surface area contributed by atoms with Crippen molar-refractivity contribution < 1.29 is 0 Å². The van der Waals surface area contributed by atoms with Crippen LogP contribution in [-0.4, -0.2) is 19.0 Å². The summed E-state index contributed by atoms with van der Waals surface area (Å²) >= 11 is 0. The molecule has 0 atom stereocenters. The van der Waals surface area contributed by atoms with E-state index in [9.17, 15) is 0 Å². The molecule has 0 radical (unpaired) electrons. The number of nitrogens with zero attached hydrogens (tertiary/aromatic N) is 1. The number of rotatable bonds is 7. The predicted molar refractivity (Wildman–Crippen MR) is 55.4 cm³/mol. The lowest BCUT2D eigenvalue weighted by Crippen LogP contribution is -1.88. The zero-order chi connectivity index (χ0) is 9.23. The average Bonchev–Trinajstić information content (AvgIpc) is 2.02. The summed E-state index contributed by atoms with van der Waals surface area (Å²) < 4.78 is 0. The highest BCUT2D eigenvalue weighted by atomic mass is 14.7. The van der Waals surface area contributed by atoms with Crippen LogP contribution in [0.2, 0.25) is 0 Å². The first-order valence-corrected chi connectivity index (χ1v) is 4.76. The van der Waals surface area contributed by atoms with Crippen molar-refractivity contribution in [1.29, 1.82) is 5.41 Å². The summed E-state index contributed by atoms with van der Waals surface area (Å²) in [5.74, 6) is 0.829. The molecular formula is C10H20N2. The molecule has 0 aromatic carbocycles. The van der Waals surface area contributed by atoms with Gasteiger partial charge in [0.25, 0.3) is 0 Å². The molecule has 0 aromatic rings. The zero-order valence-corrected chi connectivity index (χ0v) is 8.21. The predicted octanol–water partition coefficient (Wildman–Crippen LogP) is 2.92. The Labute approximate surface area is 75.6 Å². The molecule has 70 valence electrons. The molecule has 12 heavy (non-hydrogen) atoms. The summed E-state index contributed by atoms with van der Waals surface area (Å²) in [5, 5.41) is 6.70. The normalized spacial score (nSPS) is 11.2. The smallest absolute Gasteiger partial charge is 0.0389 e. The molecule has 2 heteroatoms. The average molecular weight is 168 g/mol. The van der Waals surface area contributed by atoms with Crippen LogP contribution in [0.15, 0.2) is 4.99 Å². The van der Waals surface area contributed by atoms with Crippen LogP contribution in [0.5, 0.6) is 0 Å². The minimum absolute atomic E-state index is 0.829. The second-order valence-corrected chi connectivity index (χ2v) is 3.47. The van der Waals surface area contributed by atoms with E-state index in [0.29, 0.717) is 0 Å². The summed E-state index contributed by atoms with van der Waals surface area (Å²) in [6.07, 6.45) is 7.87. The van der Waals surface area contributed by atoms with Gasteiger partial charge in [-0.05, 0) is 12.3 Å². The highest BCUT2D eigenvalue weighted by Crippen LogP contribution is 2.07. The monoisotopic (exact) mass is 168 g/mol. The minimum atomic E-state index is 0.829. The van der Waals surface area contributed by atoms with E-state index >= 15 is 0 Å². The minimum Gasteiger partial charge on any atom is -0.307 e. The van der Waals surface area contributed by atoms with Crippen LogP contribution in [-0.2, 0) is 0 Å². The molecule has 1 N–H and O–H groups in total. The Balaban J connectivity index is 3.00. The second kappa shape index (κ2) is 8.44. The lowest BCUT2D eigenvalue weighted by atomic mass is 10.1. The van der Waals surface area contributed by atoms with Crippen LogP contribution in [0.4, 0.5) is 0 Å². The molecular weight excluding hydrogens is 148 g/mol. The first kappa shape index (κ1) is 11.3. The topological polar surface area (TPSA) is 36.2 Å². The van der Waals surface area contributed by atoms with Crippen molar-refractivity contribution in [1.82, 2.24) is 0 Å². The molecule has 0 saturated carbocycles. The lowest BCUT2D eigenvalue weighted by molar-refractivity contribution is 0.529. The fourth-order valence-electron chi connectivity index (χ4n) is 1.06. The number of hydrogen-bond donors (Lipinski definition) is 1. The third-order valence-corrected chi connectivity index (χ3v) is 1.75. The Kier molecular flexibility index (Phi) is 7.97. The number of unbranched alkanes of at least 4 members (excludes halogenated alkanes) is 2.